The fraction of sp³-hybridized carbons (Fsp3) is 0.333. The van der Waals surface area contributed by atoms with Crippen LogP contribution in [-0.4, -0.2) is 40.2 Å². The minimum atomic E-state index is -0.280. The van der Waals surface area contributed by atoms with Gasteiger partial charge in [0, 0.05) is 37.0 Å². The lowest BCUT2D eigenvalue weighted by atomic mass is 10.1. The van der Waals surface area contributed by atoms with Crippen molar-refractivity contribution in [2.75, 3.05) is 18.0 Å². The lowest BCUT2D eigenvalue weighted by Crippen LogP contribution is -2.45. The molecule has 1 amide bonds. The predicted octanol–water partition coefficient (Wildman–Crippen LogP) is 1.73. The minimum Gasteiger partial charge on any atom is -0.461 e. The van der Waals surface area contributed by atoms with Crippen LogP contribution in [-0.2, 0) is 0 Å². The Kier molecular flexibility index (Phi) is 4.49. The molecule has 0 unspecified atom stereocenters. The first-order valence-electron chi connectivity index (χ1n) is 8.73. The number of carbonyl (C=O) groups is 1. The number of hydrogen-bond acceptors (Lipinski definition) is 7. The van der Waals surface area contributed by atoms with E-state index in [0.29, 0.717) is 36.3 Å². The van der Waals surface area contributed by atoms with E-state index in [1.54, 1.807) is 25.1 Å². The van der Waals surface area contributed by atoms with Crippen LogP contribution in [0.3, 0.4) is 0 Å². The Labute approximate surface area is 154 Å². The number of amides is 1. The fourth-order valence-electron chi connectivity index (χ4n) is 3.13. The first-order valence-corrected chi connectivity index (χ1v) is 8.73. The number of anilines is 1. The standard InChI is InChI=1S/C18H19N5O4/c1-11-9-16(24)21-18(19-11)23-6-4-12(5-7-23)20-17(25)13-10-15(27-22-13)14-3-2-8-26-14/h2-3,8-10,12H,4-7H2,1H3,(H,20,25)(H,19,21,24). The van der Waals surface area contributed by atoms with Crippen LogP contribution >= 0.6 is 0 Å². The van der Waals surface area contributed by atoms with Gasteiger partial charge in [-0.25, -0.2) is 4.98 Å². The van der Waals surface area contributed by atoms with E-state index < -0.39 is 0 Å². The van der Waals surface area contributed by atoms with Crippen molar-refractivity contribution in [3.8, 4) is 11.5 Å². The number of aromatic nitrogens is 3. The Morgan fingerprint density at radius 1 is 1.30 bits per heavy atom. The van der Waals surface area contributed by atoms with Gasteiger partial charge in [-0.15, -0.1) is 0 Å². The Morgan fingerprint density at radius 2 is 2.11 bits per heavy atom. The molecule has 0 radical (unpaired) electrons. The van der Waals surface area contributed by atoms with Crippen LogP contribution in [0.25, 0.3) is 11.5 Å². The number of furan rings is 1. The van der Waals surface area contributed by atoms with Crippen molar-refractivity contribution in [3.63, 3.8) is 0 Å². The summed E-state index contributed by atoms with van der Waals surface area (Å²) >= 11 is 0. The maximum absolute atomic E-state index is 12.4. The fourth-order valence-corrected chi connectivity index (χ4v) is 3.13. The average Bonchev–Trinajstić information content (AvgIpc) is 3.33. The molecule has 140 valence electrons. The molecule has 1 aliphatic heterocycles. The summed E-state index contributed by atoms with van der Waals surface area (Å²) in [6.07, 6.45) is 3.01. The predicted molar refractivity (Wildman–Crippen MR) is 96.5 cm³/mol. The van der Waals surface area contributed by atoms with E-state index in [1.807, 2.05) is 4.90 Å². The third-order valence-electron chi connectivity index (χ3n) is 4.49. The lowest BCUT2D eigenvalue weighted by Gasteiger charge is -2.32. The summed E-state index contributed by atoms with van der Waals surface area (Å²) < 4.78 is 10.4. The maximum Gasteiger partial charge on any atom is 0.273 e. The summed E-state index contributed by atoms with van der Waals surface area (Å²) in [5, 5.41) is 6.79. The molecule has 9 nitrogen and oxygen atoms in total. The van der Waals surface area contributed by atoms with Gasteiger partial charge in [-0.2, -0.15) is 0 Å². The first kappa shape index (κ1) is 17.1. The second kappa shape index (κ2) is 7.10. The molecule has 1 saturated heterocycles. The van der Waals surface area contributed by atoms with E-state index in [1.165, 1.54) is 12.3 Å². The van der Waals surface area contributed by atoms with Crippen LogP contribution in [0.15, 0.2) is 44.3 Å². The molecule has 27 heavy (non-hydrogen) atoms. The second-order valence-electron chi connectivity index (χ2n) is 6.50. The van der Waals surface area contributed by atoms with Gasteiger partial charge in [0.05, 0.1) is 6.26 Å². The second-order valence-corrected chi connectivity index (χ2v) is 6.50. The van der Waals surface area contributed by atoms with Crippen molar-refractivity contribution >= 4 is 11.9 Å². The smallest absolute Gasteiger partial charge is 0.273 e. The van der Waals surface area contributed by atoms with Crippen LogP contribution < -0.4 is 15.8 Å². The maximum atomic E-state index is 12.4. The number of aryl methyl sites for hydroxylation is 1. The van der Waals surface area contributed by atoms with Gasteiger partial charge >= 0.3 is 0 Å². The topological polar surface area (TPSA) is 117 Å². The molecule has 0 spiro atoms. The largest absolute Gasteiger partial charge is 0.461 e. The summed E-state index contributed by atoms with van der Waals surface area (Å²) in [4.78, 5) is 33.1. The molecule has 0 saturated carbocycles. The molecule has 9 heteroatoms. The Balaban J connectivity index is 1.35. The highest BCUT2D eigenvalue weighted by atomic mass is 16.5. The molecule has 1 fully saturated rings. The quantitative estimate of drug-likeness (QED) is 0.719. The first-order chi connectivity index (χ1) is 13.1. The summed E-state index contributed by atoms with van der Waals surface area (Å²) in [6.45, 7) is 3.17. The highest BCUT2D eigenvalue weighted by Gasteiger charge is 2.24. The van der Waals surface area contributed by atoms with Crippen LogP contribution in [0.2, 0.25) is 0 Å². The zero-order valence-electron chi connectivity index (χ0n) is 14.8. The van der Waals surface area contributed by atoms with Crippen LogP contribution in [0, 0.1) is 6.92 Å². The van der Waals surface area contributed by atoms with Gasteiger partial charge < -0.3 is 19.2 Å². The van der Waals surface area contributed by atoms with Crippen molar-refractivity contribution in [2.24, 2.45) is 0 Å². The molecule has 0 bridgehead atoms. The van der Waals surface area contributed by atoms with E-state index in [2.05, 4.69) is 20.4 Å². The number of H-pyrrole nitrogens is 1. The van der Waals surface area contributed by atoms with E-state index in [9.17, 15) is 9.59 Å². The van der Waals surface area contributed by atoms with E-state index in [-0.39, 0.29) is 23.2 Å². The van der Waals surface area contributed by atoms with Gasteiger partial charge in [0.15, 0.2) is 11.5 Å². The van der Waals surface area contributed by atoms with Gasteiger partial charge in [0.25, 0.3) is 11.5 Å². The average molecular weight is 369 g/mol. The third-order valence-corrected chi connectivity index (χ3v) is 4.49. The summed E-state index contributed by atoms with van der Waals surface area (Å²) in [5.74, 6) is 1.23. The highest BCUT2D eigenvalue weighted by molar-refractivity contribution is 5.93. The number of nitrogens with one attached hydrogen (secondary N) is 2. The zero-order chi connectivity index (χ0) is 18.8. The molecule has 4 rings (SSSR count). The molecule has 0 aromatic carbocycles. The molecule has 0 atom stereocenters. The van der Waals surface area contributed by atoms with Crippen LogP contribution in [0.4, 0.5) is 5.95 Å². The zero-order valence-corrected chi connectivity index (χ0v) is 14.8. The number of carbonyl (C=O) groups excluding carboxylic acids is 1. The Bertz CT molecular complexity index is 983. The van der Waals surface area contributed by atoms with E-state index in [0.717, 1.165) is 12.8 Å². The lowest BCUT2D eigenvalue weighted by molar-refractivity contribution is 0.0922. The van der Waals surface area contributed by atoms with Gasteiger partial charge in [-0.1, -0.05) is 5.16 Å². The highest BCUT2D eigenvalue weighted by Crippen LogP contribution is 2.21. The number of piperidine rings is 1. The van der Waals surface area contributed by atoms with Crippen LogP contribution in [0.1, 0.15) is 29.0 Å². The number of aromatic amines is 1. The number of nitrogens with zero attached hydrogens (tertiary/aromatic N) is 3. The number of hydrogen-bond donors (Lipinski definition) is 2. The molecular weight excluding hydrogens is 350 g/mol. The summed E-state index contributed by atoms with van der Waals surface area (Å²) in [7, 11) is 0. The van der Waals surface area contributed by atoms with E-state index >= 15 is 0 Å². The molecule has 2 N–H and O–H groups in total. The molecule has 3 aromatic rings. The molecule has 1 aliphatic rings. The van der Waals surface area contributed by atoms with Gasteiger partial charge in [-0.05, 0) is 31.9 Å². The van der Waals surface area contributed by atoms with Crippen molar-refractivity contribution in [3.05, 3.63) is 52.3 Å². The summed E-state index contributed by atoms with van der Waals surface area (Å²) in [6, 6.07) is 6.52. The third kappa shape index (κ3) is 3.76. The summed E-state index contributed by atoms with van der Waals surface area (Å²) in [5.41, 5.74) is 0.738. The molecule has 3 aromatic heterocycles. The van der Waals surface area contributed by atoms with Crippen molar-refractivity contribution in [1.82, 2.24) is 20.4 Å². The monoisotopic (exact) mass is 369 g/mol. The van der Waals surface area contributed by atoms with Gasteiger partial charge in [0.1, 0.15) is 0 Å². The van der Waals surface area contributed by atoms with Gasteiger partial charge in [-0.3, -0.25) is 14.6 Å². The van der Waals surface area contributed by atoms with Crippen molar-refractivity contribution < 1.29 is 13.7 Å². The normalized spacial score (nSPS) is 15.1. The molecule has 4 heterocycles. The van der Waals surface area contributed by atoms with Gasteiger partial charge in [0.2, 0.25) is 11.7 Å². The Morgan fingerprint density at radius 3 is 2.81 bits per heavy atom. The van der Waals surface area contributed by atoms with Crippen molar-refractivity contribution in [2.45, 2.75) is 25.8 Å². The van der Waals surface area contributed by atoms with Crippen LogP contribution in [0.5, 0.6) is 0 Å². The van der Waals surface area contributed by atoms with Crippen molar-refractivity contribution in [1.29, 1.82) is 0 Å². The molecule has 0 aliphatic carbocycles. The Hall–Kier alpha value is -3.36. The minimum absolute atomic E-state index is 0.0223. The number of rotatable bonds is 4. The SMILES string of the molecule is Cc1cc(=O)[nH]c(N2CCC(NC(=O)c3cc(-c4ccco4)on3)CC2)n1. The van der Waals surface area contributed by atoms with E-state index in [4.69, 9.17) is 8.94 Å². The molecular formula is C18H19N5O4.